The Hall–Kier alpha value is -3.05. The average molecular weight is 641 g/mol. The van der Waals surface area contributed by atoms with E-state index in [4.69, 9.17) is 27.6 Å². The number of amides is 1. The normalized spacial score (nSPS) is 13.4. The van der Waals surface area contributed by atoms with E-state index in [1.807, 2.05) is 0 Å². The van der Waals surface area contributed by atoms with Gasteiger partial charge in [0.25, 0.3) is 11.7 Å². The lowest BCUT2D eigenvalue weighted by Gasteiger charge is -2.31. The maximum atomic E-state index is 14.5. The Kier molecular flexibility index (Phi) is 10.8. The molecule has 15 heteroatoms. The molecule has 0 aliphatic carbocycles. The summed E-state index contributed by atoms with van der Waals surface area (Å²) in [6, 6.07) is 8.39. The topological polar surface area (TPSA) is 141 Å². The third kappa shape index (κ3) is 7.20. The third-order valence-electron chi connectivity index (χ3n) is 6.42. The smallest absolute Gasteiger partial charge is 0.347 e. The Labute approximate surface area is 248 Å². The summed E-state index contributed by atoms with van der Waals surface area (Å²) in [7, 11) is -8.34. The Balaban J connectivity index is 1.74. The van der Waals surface area contributed by atoms with E-state index in [0.29, 0.717) is 30.4 Å². The molecule has 0 saturated heterocycles. The van der Waals surface area contributed by atoms with Crippen LogP contribution in [0.15, 0.2) is 42.6 Å². The van der Waals surface area contributed by atoms with Crippen LogP contribution in [-0.2, 0) is 38.6 Å². The highest BCUT2D eigenvalue weighted by Gasteiger charge is 2.51. The van der Waals surface area contributed by atoms with Gasteiger partial charge in [0.05, 0.1) is 37.5 Å². The summed E-state index contributed by atoms with van der Waals surface area (Å²) in [4.78, 5) is 26.6. The monoisotopic (exact) mass is 640 g/mol. The van der Waals surface area contributed by atoms with Crippen LogP contribution >= 0.6 is 15.2 Å². The summed E-state index contributed by atoms with van der Waals surface area (Å²) < 4.78 is 77.2. The summed E-state index contributed by atoms with van der Waals surface area (Å²) in [6.45, 7) is 6.67. The lowest BCUT2D eigenvalue weighted by Crippen LogP contribution is -2.24. The van der Waals surface area contributed by atoms with Crippen molar-refractivity contribution in [2.24, 2.45) is 0 Å². The first-order chi connectivity index (χ1) is 20.6. The Morgan fingerprint density at radius 1 is 0.884 bits per heavy atom. The Bertz CT molecular complexity index is 1530. The number of benzene rings is 2. The number of aromatic nitrogens is 1. The molecule has 43 heavy (non-hydrogen) atoms. The minimum atomic E-state index is -4.17. The molecule has 12 nitrogen and oxygen atoms in total. The van der Waals surface area contributed by atoms with Crippen molar-refractivity contribution in [3.8, 4) is 11.5 Å². The summed E-state index contributed by atoms with van der Waals surface area (Å²) in [5.74, 6) is -1.56. The van der Waals surface area contributed by atoms with Gasteiger partial charge in [-0.2, -0.15) is 0 Å². The van der Waals surface area contributed by atoms with E-state index in [0.717, 1.165) is 12.1 Å². The molecule has 2 aromatic carbocycles. The van der Waals surface area contributed by atoms with E-state index in [2.05, 4.69) is 5.32 Å². The first-order valence-electron chi connectivity index (χ1n) is 13.9. The van der Waals surface area contributed by atoms with Gasteiger partial charge in [-0.1, -0.05) is 0 Å². The SMILES string of the molecule is CCOP(=O)(OCC)C(Cn1cc(C(=O)C(=O)Nc2ccc3c(c2)OCCO3)c2ccc(F)cc21)P(=O)(OCC)OCC. The number of carbonyl (C=O) groups is 2. The van der Waals surface area contributed by atoms with Crippen molar-refractivity contribution >= 4 is 43.5 Å². The zero-order valence-corrected chi connectivity index (χ0v) is 26.2. The van der Waals surface area contributed by atoms with E-state index in [1.165, 1.54) is 16.8 Å². The second kappa shape index (κ2) is 14.2. The predicted octanol–water partition coefficient (Wildman–Crippen LogP) is 6.23. The molecule has 1 aliphatic rings. The largest absolute Gasteiger partial charge is 0.486 e. The summed E-state index contributed by atoms with van der Waals surface area (Å²) in [5.41, 5.74) is 0.426. The van der Waals surface area contributed by atoms with Gasteiger partial charge in [-0.05, 0) is 58.0 Å². The van der Waals surface area contributed by atoms with Crippen molar-refractivity contribution in [2.75, 3.05) is 45.0 Å². The van der Waals surface area contributed by atoms with Gasteiger partial charge in [-0.25, -0.2) is 4.39 Å². The molecule has 1 aromatic heterocycles. The molecule has 1 N–H and O–H groups in total. The van der Waals surface area contributed by atoms with Crippen molar-refractivity contribution in [3.63, 3.8) is 0 Å². The van der Waals surface area contributed by atoms with Crippen LogP contribution in [0.4, 0.5) is 10.1 Å². The second-order valence-corrected chi connectivity index (χ2v) is 14.1. The lowest BCUT2D eigenvalue weighted by atomic mass is 10.1. The van der Waals surface area contributed by atoms with Crippen molar-refractivity contribution in [1.82, 2.24) is 4.57 Å². The van der Waals surface area contributed by atoms with E-state index >= 15 is 0 Å². The number of rotatable bonds is 15. The number of anilines is 1. The van der Waals surface area contributed by atoms with Gasteiger partial charge in [0.15, 0.2) is 16.9 Å². The molecule has 234 valence electrons. The van der Waals surface area contributed by atoms with Crippen molar-refractivity contribution in [2.45, 2.75) is 39.6 Å². The number of nitrogens with zero attached hydrogens (tertiary/aromatic N) is 1. The summed E-state index contributed by atoms with van der Waals surface area (Å²) >= 11 is 0. The molecular weight excluding hydrogens is 605 g/mol. The molecule has 1 aliphatic heterocycles. The molecule has 0 atom stereocenters. The fourth-order valence-corrected chi connectivity index (χ4v) is 9.93. The Morgan fingerprint density at radius 3 is 2.05 bits per heavy atom. The summed E-state index contributed by atoms with van der Waals surface area (Å²) in [6.07, 6.45) is 1.31. The highest BCUT2D eigenvalue weighted by molar-refractivity contribution is 7.72. The van der Waals surface area contributed by atoms with Gasteiger partial charge in [-0.15, -0.1) is 0 Å². The molecule has 1 amide bonds. The zero-order valence-electron chi connectivity index (χ0n) is 24.4. The van der Waals surface area contributed by atoms with Gasteiger partial charge < -0.3 is 37.5 Å². The highest BCUT2D eigenvalue weighted by atomic mass is 31.2. The predicted molar refractivity (Wildman–Crippen MR) is 158 cm³/mol. The maximum absolute atomic E-state index is 14.5. The molecule has 3 aromatic rings. The van der Waals surface area contributed by atoms with Gasteiger partial charge in [-0.3, -0.25) is 18.7 Å². The first-order valence-corrected chi connectivity index (χ1v) is 17.1. The average Bonchev–Trinajstić information content (AvgIpc) is 3.33. The molecule has 0 saturated carbocycles. The minimum Gasteiger partial charge on any atom is -0.486 e. The van der Waals surface area contributed by atoms with Crippen LogP contribution in [0.3, 0.4) is 0 Å². The van der Waals surface area contributed by atoms with Crippen LogP contribution in [0.1, 0.15) is 38.1 Å². The highest BCUT2D eigenvalue weighted by Crippen LogP contribution is 2.70. The molecule has 0 fully saturated rings. The zero-order chi connectivity index (χ0) is 31.2. The van der Waals surface area contributed by atoms with E-state index < -0.39 is 38.1 Å². The van der Waals surface area contributed by atoms with Gasteiger partial charge in [0, 0.05) is 29.9 Å². The van der Waals surface area contributed by atoms with Crippen LogP contribution in [0.5, 0.6) is 11.5 Å². The van der Waals surface area contributed by atoms with Crippen LogP contribution in [0.2, 0.25) is 0 Å². The molecule has 0 bridgehead atoms. The van der Waals surface area contributed by atoms with Crippen LogP contribution in [0.25, 0.3) is 10.9 Å². The molecular formula is C28H35FN2O10P2. The standard InChI is InChI=1S/C28H35FN2O10P2/c1-5-38-42(34,39-6-2)26(43(35,40-7-3)41-8-4)18-31-17-22(21-11-9-19(29)15-23(21)31)27(32)28(33)30-20-10-12-24-25(16-20)37-14-13-36-24/h9-12,15-17,26H,5-8,13-14,18H2,1-4H3,(H,30,33). The quantitative estimate of drug-likeness (QED) is 0.115. The van der Waals surface area contributed by atoms with E-state index in [9.17, 15) is 23.1 Å². The number of hydrogen-bond acceptors (Lipinski definition) is 10. The van der Waals surface area contributed by atoms with Crippen LogP contribution in [0, 0.1) is 5.82 Å². The van der Waals surface area contributed by atoms with Crippen LogP contribution < -0.4 is 14.8 Å². The number of halogens is 1. The van der Waals surface area contributed by atoms with Gasteiger partial charge in [0.2, 0.25) is 0 Å². The number of Topliss-reactive ketones (excluding diaryl/α,β-unsaturated/α-hetero) is 1. The molecule has 0 spiro atoms. The number of ether oxygens (including phenoxy) is 2. The van der Waals surface area contributed by atoms with Gasteiger partial charge in [0.1, 0.15) is 19.0 Å². The maximum Gasteiger partial charge on any atom is 0.347 e. The second-order valence-electron chi connectivity index (χ2n) is 9.23. The van der Waals surface area contributed by atoms with Crippen molar-refractivity contribution in [1.29, 1.82) is 0 Å². The number of ketones is 1. The molecule has 2 heterocycles. The fourth-order valence-electron chi connectivity index (χ4n) is 4.72. The minimum absolute atomic E-state index is 0.0309. The number of nitrogens with one attached hydrogen (secondary N) is 1. The van der Waals surface area contributed by atoms with Crippen molar-refractivity contribution in [3.05, 3.63) is 54.0 Å². The Morgan fingerprint density at radius 2 is 1.47 bits per heavy atom. The number of carbonyl (C=O) groups excluding carboxylic acids is 2. The summed E-state index contributed by atoms with van der Waals surface area (Å²) in [5, 5.41) is 1.32. The molecule has 4 rings (SSSR count). The van der Waals surface area contributed by atoms with Crippen LogP contribution in [-0.4, -0.2) is 61.3 Å². The van der Waals surface area contributed by atoms with E-state index in [1.54, 1.807) is 45.9 Å². The first kappa shape index (κ1) is 32.9. The van der Waals surface area contributed by atoms with Gasteiger partial charge >= 0.3 is 15.2 Å². The molecule has 0 unspecified atom stereocenters. The molecule has 0 radical (unpaired) electrons. The lowest BCUT2D eigenvalue weighted by molar-refractivity contribution is -0.112. The third-order valence-corrected chi connectivity index (χ3v) is 12.4. The van der Waals surface area contributed by atoms with E-state index in [-0.39, 0.29) is 49.4 Å². The number of fused-ring (bicyclic) bond motifs is 2. The van der Waals surface area contributed by atoms with Crippen molar-refractivity contribution < 1.29 is 50.7 Å². The fraction of sp³-hybridized carbons (Fsp3) is 0.429. The number of hydrogen-bond donors (Lipinski definition) is 1.